The van der Waals surface area contributed by atoms with E-state index in [4.69, 9.17) is 18.5 Å². The van der Waals surface area contributed by atoms with Gasteiger partial charge in [-0.2, -0.15) is 0 Å². The molecule has 0 aliphatic heterocycles. The number of quaternary nitrogens is 1. The zero-order valence-corrected chi connectivity index (χ0v) is 63.6. The molecule has 1 N–H and O–H groups in total. The van der Waals surface area contributed by atoms with Gasteiger partial charge in [-0.25, -0.2) is 4.57 Å². The molecule has 0 aliphatic rings. The highest BCUT2D eigenvalue weighted by Gasteiger charge is 2.27. The number of hydrogen-bond donors (Lipinski definition) is 1. The Kier molecular flexibility index (Phi) is 72.2. The van der Waals surface area contributed by atoms with E-state index in [0.717, 1.165) is 70.6 Å². The Hall–Kier alpha value is -2.81. The average molecular weight is 1340 g/mol. The molecule has 10 heteroatoms. The monoisotopic (exact) mass is 1340 g/mol. The quantitative estimate of drug-likeness (QED) is 0.0211. The highest BCUT2D eigenvalue weighted by atomic mass is 31.2. The van der Waals surface area contributed by atoms with Crippen LogP contribution in [0, 0.1) is 0 Å². The Balaban J connectivity index is 3.94. The van der Waals surface area contributed by atoms with Crippen LogP contribution in [0.4, 0.5) is 0 Å². The van der Waals surface area contributed by atoms with Gasteiger partial charge >= 0.3 is 19.8 Å². The summed E-state index contributed by atoms with van der Waals surface area (Å²) in [6, 6.07) is 0. The van der Waals surface area contributed by atoms with Crippen LogP contribution in [0.2, 0.25) is 0 Å². The standard InChI is InChI=1S/C84H154NO8P/c1-6-8-10-12-14-16-18-20-22-24-26-28-30-32-34-36-38-40-41-42-43-45-47-49-51-53-55-57-59-61-63-65-67-69-71-73-75-77-84(87)93-82(81-92-94(88,89)91-79-78-85(3,4)5)80-90-83(86)76-74-72-70-68-66-64-62-60-58-56-54-52-50-48-46-44-39-37-35-33-31-29-27-25-23-21-19-17-15-13-11-9-7-2/h8,10,14,16,20,22,25-28,32,34,38,40,82H,6-7,9,11-13,15,17-19,21,23-24,29-31,33,35-37,39,41-81H2,1-5H3/p+1/b10-8-,16-14-,22-20-,27-25-,28-26-,34-32-,40-38-. The molecule has 548 valence electrons. The Morgan fingerprint density at radius 2 is 0.606 bits per heavy atom. The fourth-order valence-corrected chi connectivity index (χ4v) is 12.5. The summed E-state index contributed by atoms with van der Waals surface area (Å²) in [5, 5.41) is 0. The third-order valence-electron chi connectivity index (χ3n) is 17.9. The van der Waals surface area contributed by atoms with Crippen LogP contribution in [-0.4, -0.2) is 74.9 Å². The third kappa shape index (κ3) is 78.2. The summed E-state index contributed by atoms with van der Waals surface area (Å²) in [5.41, 5.74) is 0. The maximum atomic E-state index is 12.9. The van der Waals surface area contributed by atoms with Crippen LogP contribution in [0.3, 0.4) is 0 Å². The molecule has 0 aromatic carbocycles. The van der Waals surface area contributed by atoms with E-state index in [1.807, 2.05) is 21.1 Å². The van der Waals surface area contributed by atoms with E-state index in [-0.39, 0.29) is 25.6 Å². The summed E-state index contributed by atoms with van der Waals surface area (Å²) in [4.78, 5) is 36.0. The van der Waals surface area contributed by atoms with E-state index in [1.54, 1.807) is 0 Å². The number of esters is 2. The second-order valence-corrected chi connectivity index (χ2v) is 29.9. The molecule has 2 unspecified atom stereocenters. The van der Waals surface area contributed by atoms with Crippen molar-refractivity contribution in [2.75, 3.05) is 47.5 Å². The largest absolute Gasteiger partial charge is 0.472 e. The second-order valence-electron chi connectivity index (χ2n) is 28.4. The van der Waals surface area contributed by atoms with Crippen molar-refractivity contribution in [1.29, 1.82) is 0 Å². The molecule has 94 heavy (non-hydrogen) atoms. The van der Waals surface area contributed by atoms with E-state index >= 15 is 0 Å². The van der Waals surface area contributed by atoms with Crippen molar-refractivity contribution in [2.24, 2.45) is 0 Å². The number of nitrogens with zero attached hydrogens (tertiary/aromatic N) is 1. The van der Waals surface area contributed by atoms with Crippen molar-refractivity contribution in [1.82, 2.24) is 0 Å². The van der Waals surface area contributed by atoms with E-state index in [1.165, 1.54) is 283 Å². The van der Waals surface area contributed by atoms with Gasteiger partial charge in [0.2, 0.25) is 0 Å². The minimum Gasteiger partial charge on any atom is -0.462 e. The topological polar surface area (TPSA) is 108 Å². The van der Waals surface area contributed by atoms with Crippen molar-refractivity contribution < 1.29 is 42.1 Å². The first kappa shape index (κ1) is 91.2. The number of hydrogen-bond acceptors (Lipinski definition) is 7. The molecule has 0 bridgehead atoms. The van der Waals surface area contributed by atoms with Gasteiger partial charge in [0.25, 0.3) is 0 Å². The molecule has 0 saturated carbocycles. The van der Waals surface area contributed by atoms with E-state index < -0.39 is 26.5 Å². The first-order chi connectivity index (χ1) is 46.0. The molecule has 0 heterocycles. The van der Waals surface area contributed by atoms with Crippen molar-refractivity contribution in [3.8, 4) is 0 Å². The van der Waals surface area contributed by atoms with Crippen LogP contribution in [0.5, 0.6) is 0 Å². The molecule has 0 rings (SSSR count). The summed E-state index contributed by atoms with van der Waals surface area (Å²) >= 11 is 0. The SMILES string of the molecule is CC/C=C\C/C=C\C/C=C\C/C=C\C/C=C\C/C=C\CCCCCCCCCCCCCCCCCCCCC(=O)OC(COC(=O)CCCCCCCCCCCCCCCCCCCCCCC/C=C\CCCCCCCCCC)COP(=O)(O)OCC[N+](C)(C)C. The smallest absolute Gasteiger partial charge is 0.462 e. The Bertz CT molecular complexity index is 1860. The lowest BCUT2D eigenvalue weighted by Gasteiger charge is -2.24. The maximum Gasteiger partial charge on any atom is 0.472 e. The predicted molar refractivity (Wildman–Crippen MR) is 409 cm³/mol. The van der Waals surface area contributed by atoms with E-state index in [2.05, 4.69) is 98.9 Å². The fraction of sp³-hybridized carbons (Fsp3) is 0.810. The lowest BCUT2D eigenvalue weighted by molar-refractivity contribution is -0.870. The Morgan fingerprint density at radius 3 is 0.915 bits per heavy atom. The summed E-state index contributed by atoms with van der Waals surface area (Å²) < 4.78 is 34.8. The molecule has 0 spiro atoms. The number of likely N-dealkylation sites (N-methyl/N-ethyl adjacent to an activating group) is 1. The number of phosphoric acid groups is 1. The molecule has 2 atom stereocenters. The molecule has 0 saturated heterocycles. The molecular weight excluding hydrogens is 1180 g/mol. The zero-order valence-electron chi connectivity index (χ0n) is 62.7. The first-order valence-corrected chi connectivity index (χ1v) is 41.8. The van der Waals surface area contributed by atoms with Crippen molar-refractivity contribution in [3.63, 3.8) is 0 Å². The first-order valence-electron chi connectivity index (χ1n) is 40.3. The Labute approximate surface area is 583 Å². The fourth-order valence-electron chi connectivity index (χ4n) is 11.8. The molecule has 0 aromatic rings. The van der Waals surface area contributed by atoms with Gasteiger partial charge in [-0.05, 0) is 89.9 Å². The second kappa shape index (κ2) is 74.4. The molecule has 0 radical (unpaired) electrons. The number of carbonyl (C=O) groups excluding carboxylic acids is 2. The van der Waals surface area contributed by atoms with Gasteiger partial charge in [-0.1, -0.05) is 369 Å². The number of carbonyl (C=O) groups is 2. The third-order valence-corrected chi connectivity index (χ3v) is 18.9. The average Bonchev–Trinajstić information content (AvgIpc) is 1.56. The predicted octanol–water partition coefficient (Wildman–Crippen LogP) is 26.8. The molecule has 9 nitrogen and oxygen atoms in total. The van der Waals surface area contributed by atoms with E-state index in [9.17, 15) is 19.0 Å². The molecule has 0 fully saturated rings. The normalized spacial score (nSPS) is 13.5. The van der Waals surface area contributed by atoms with Crippen LogP contribution < -0.4 is 0 Å². The molecule has 0 amide bonds. The van der Waals surface area contributed by atoms with Gasteiger partial charge in [0, 0.05) is 12.8 Å². The van der Waals surface area contributed by atoms with Gasteiger partial charge in [-0.15, -0.1) is 0 Å². The summed E-state index contributed by atoms with van der Waals surface area (Å²) in [5.74, 6) is -0.778. The summed E-state index contributed by atoms with van der Waals surface area (Å²) in [6.45, 7) is 4.38. The molecule has 0 aromatic heterocycles. The summed E-state index contributed by atoms with van der Waals surface area (Å²) in [7, 11) is 1.49. The van der Waals surface area contributed by atoms with Crippen LogP contribution in [0.25, 0.3) is 0 Å². The maximum absolute atomic E-state index is 12.9. The minimum absolute atomic E-state index is 0.0324. The van der Waals surface area contributed by atoms with Crippen LogP contribution >= 0.6 is 7.82 Å². The zero-order chi connectivity index (χ0) is 68.3. The van der Waals surface area contributed by atoms with Gasteiger partial charge in [0.05, 0.1) is 27.7 Å². The van der Waals surface area contributed by atoms with Gasteiger partial charge in [0.15, 0.2) is 6.10 Å². The highest BCUT2D eigenvalue weighted by Crippen LogP contribution is 2.43. The van der Waals surface area contributed by atoms with Crippen molar-refractivity contribution >= 4 is 19.8 Å². The Morgan fingerprint density at radius 1 is 0.340 bits per heavy atom. The lowest BCUT2D eigenvalue weighted by Crippen LogP contribution is -2.37. The van der Waals surface area contributed by atoms with Crippen molar-refractivity contribution in [3.05, 3.63) is 85.1 Å². The van der Waals surface area contributed by atoms with Gasteiger partial charge in [0.1, 0.15) is 19.8 Å². The van der Waals surface area contributed by atoms with Crippen LogP contribution in [0.15, 0.2) is 85.1 Å². The number of rotatable bonds is 75. The van der Waals surface area contributed by atoms with E-state index in [0.29, 0.717) is 23.9 Å². The number of allylic oxidation sites excluding steroid dienone is 14. The number of phosphoric ester groups is 1. The van der Waals surface area contributed by atoms with Crippen molar-refractivity contribution in [2.45, 2.75) is 392 Å². The lowest BCUT2D eigenvalue weighted by atomic mass is 10.0. The van der Waals surface area contributed by atoms with Gasteiger partial charge < -0.3 is 18.9 Å². The highest BCUT2D eigenvalue weighted by molar-refractivity contribution is 7.47. The summed E-state index contributed by atoms with van der Waals surface area (Å²) in [6.07, 6.45) is 103. The number of unbranched alkanes of at least 4 members (excludes halogenated alkanes) is 47. The van der Waals surface area contributed by atoms with Crippen LogP contribution in [0.1, 0.15) is 386 Å². The molecule has 0 aliphatic carbocycles. The number of ether oxygens (including phenoxy) is 2. The minimum atomic E-state index is -4.40. The van der Waals surface area contributed by atoms with Gasteiger partial charge in [-0.3, -0.25) is 18.6 Å². The molecular formula is C84H155NO8P+. The van der Waals surface area contributed by atoms with Crippen LogP contribution in [-0.2, 0) is 32.7 Å².